The highest BCUT2D eigenvalue weighted by Gasteiger charge is 2.13. The third-order valence-corrected chi connectivity index (χ3v) is 3.57. The lowest BCUT2D eigenvalue weighted by molar-refractivity contribution is 0.249. The summed E-state index contributed by atoms with van der Waals surface area (Å²) in [6.07, 6.45) is 2.21. The predicted molar refractivity (Wildman–Crippen MR) is 88.1 cm³/mol. The van der Waals surface area contributed by atoms with E-state index >= 15 is 0 Å². The lowest BCUT2D eigenvalue weighted by atomic mass is 10.1. The van der Waals surface area contributed by atoms with Crippen molar-refractivity contribution in [3.05, 3.63) is 48.2 Å². The van der Waals surface area contributed by atoms with Gasteiger partial charge >= 0.3 is 6.03 Å². The number of rotatable bonds is 4. The molecule has 0 bridgehead atoms. The Morgan fingerprint density at radius 3 is 2.91 bits per heavy atom. The summed E-state index contributed by atoms with van der Waals surface area (Å²) in [4.78, 5) is 20.9. The average Bonchev–Trinajstić information content (AvgIpc) is 3.09. The number of aromatic amines is 1. The van der Waals surface area contributed by atoms with Crippen LogP contribution in [0.1, 0.15) is 31.4 Å². The Morgan fingerprint density at radius 2 is 2.17 bits per heavy atom. The summed E-state index contributed by atoms with van der Waals surface area (Å²) in [5.41, 5.74) is 2.54. The zero-order valence-corrected chi connectivity index (χ0v) is 13.0. The molecule has 118 valence electrons. The van der Waals surface area contributed by atoms with Gasteiger partial charge in [0.1, 0.15) is 12.2 Å². The van der Waals surface area contributed by atoms with Crippen molar-refractivity contribution < 1.29 is 4.79 Å². The van der Waals surface area contributed by atoms with E-state index in [0.29, 0.717) is 5.82 Å². The molecule has 0 unspecified atom stereocenters. The van der Waals surface area contributed by atoms with Gasteiger partial charge in [-0.15, -0.1) is 0 Å². The van der Waals surface area contributed by atoms with Crippen LogP contribution < -0.4 is 10.6 Å². The summed E-state index contributed by atoms with van der Waals surface area (Å²) in [6, 6.07) is 9.08. The van der Waals surface area contributed by atoms with Crippen LogP contribution in [0.3, 0.4) is 0 Å². The quantitative estimate of drug-likeness (QED) is 0.690. The second kappa shape index (κ2) is 6.43. The van der Waals surface area contributed by atoms with Crippen molar-refractivity contribution in [3.63, 3.8) is 0 Å². The molecular weight excluding hydrogens is 292 g/mol. The number of aryl methyl sites for hydroxylation is 1. The van der Waals surface area contributed by atoms with E-state index in [1.165, 1.54) is 6.33 Å². The summed E-state index contributed by atoms with van der Waals surface area (Å²) >= 11 is 0. The monoisotopic (exact) mass is 310 g/mol. The molecule has 0 aliphatic heterocycles. The molecule has 7 heteroatoms. The van der Waals surface area contributed by atoms with E-state index in [1.807, 2.05) is 44.2 Å². The molecule has 1 atom stereocenters. The number of hydrogen-bond donors (Lipinski definition) is 3. The topological polar surface area (TPSA) is 95.6 Å². The molecule has 0 radical (unpaired) electrons. The minimum absolute atomic E-state index is 0.267. The molecule has 0 aliphatic rings. The van der Waals surface area contributed by atoms with E-state index in [2.05, 4.69) is 30.8 Å². The standard InChI is InChI=1S/C16H18N6O/c1-3-11-8-14(12-6-4-5-7-13(12)20-11)21-16(23)19-10(2)15-17-9-18-22-15/h4-10H,3H2,1-2H3,(H,17,18,22)(H2,19,20,21,23)/t10-/m1/s1. The van der Waals surface area contributed by atoms with E-state index in [-0.39, 0.29) is 12.1 Å². The van der Waals surface area contributed by atoms with E-state index in [1.54, 1.807) is 0 Å². The van der Waals surface area contributed by atoms with Gasteiger partial charge in [0, 0.05) is 11.1 Å². The van der Waals surface area contributed by atoms with Gasteiger partial charge in [-0.3, -0.25) is 10.1 Å². The Kier molecular flexibility index (Phi) is 4.18. The number of nitrogens with zero attached hydrogens (tertiary/aromatic N) is 3. The molecule has 0 spiro atoms. The maximum absolute atomic E-state index is 12.3. The van der Waals surface area contributed by atoms with Gasteiger partial charge < -0.3 is 10.6 Å². The van der Waals surface area contributed by atoms with Crippen LogP contribution in [-0.4, -0.2) is 26.2 Å². The van der Waals surface area contributed by atoms with Crippen molar-refractivity contribution in [1.29, 1.82) is 0 Å². The van der Waals surface area contributed by atoms with Crippen LogP contribution in [0.5, 0.6) is 0 Å². The summed E-state index contributed by atoms with van der Waals surface area (Å²) in [7, 11) is 0. The molecule has 0 aliphatic carbocycles. The third-order valence-electron chi connectivity index (χ3n) is 3.57. The molecule has 2 heterocycles. The predicted octanol–water partition coefficient (Wildman–Crippen LogP) is 2.80. The maximum Gasteiger partial charge on any atom is 0.319 e. The number of carbonyl (C=O) groups excluding carboxylic acids is 1. The van der Waals surface area contributed by atoms with Gasteiger partial charge in [0.05, 0.1) is 17.2 Å². The van der Waals surface area contributed by atoms with Gasteiger partial charge in [-0.05, 0) is 25.5 Å². The van der Waals surface area contributed by atoms with Crippen molar-refractivity contribution >= 4 is 22.6 Å². The van der Waals surface area contributed by atoms with Crippen LogP contribution >= 0.6 is 0 Å². The second-order valence-electron chi connectivity index (χ2n) is 5.22. The third kappa shape index (κ3) is 3.28. The summed E-state index contributed by atoms with van der Waals surface area (Å²) in [6.45, 7) is 3.87. The van der Waals surface area contributed by atoms with Gasteiger partial charge in [0.2, 0.25) is 0 Å². The van der Waals surface area contributed by atoms with E-state index < -0.39 is 0 Å². The lowest BCUT2D eigenvalue weighted by Crippen LogP contribution is -2.31. The Balaban J connectivity index is 1.81. The van der Waals surface area contributed by atoms with E-state index in [0.717, 1.165) is 28.7 Å². The molecule has 0 fully saturated rings. The van der Waals surface area contributed by atoms with Gasteiger partial charge in [0.15, 0.2) is 0 Å². The van der Waals surface area contributed by atoms with Crippen LogP contribution in [-0.2, 0) is 6.42 Å². The fourth-order valence-electron chi connectivity index (χ4n) is 2.36. The zero-order chi connectivity index (χ0) is 16.2. The minimum atomic E-state index is -0.299. The summed E-state index contributed by atoms with van der Waals surface area (Å²) in [5.74, 6) is 0.606. The number of nitrogens with one attached hydrogen (secondary N) is 3. The van der Waals surface area contributed by atoms with E-state index in [4.69, 9.17) is 0 Å². The molecule has 0 saturated carbocycles. The largest absolute Gasteiger partial charge is 0.328 e. The van der Waals surface area contributed by atoms with Gasteiger partial charge in [-0.2, -0.15) is 5.10 Å². The van der Waals surface area contributed by atoms with Crippen molar-refractivity contribution in [3.8, 4) is 0 Å². The number of fused-ring (bicyclic) bond motifs is 1. The Bertz CT molecular complexity index is 815. The van der Waals surface area contributed by atoms with Crippen LogP contribution in [0.25, 0.3) is 10.9 Å². The molecule has 3 N–H and O–H groups in total. The zero-order valence-electron chi connectivity index (χ0n) is 13.0. The van der Waals surface area contributed by atoms with Crippen LogP contribution in [0, 0.1) is 0 Å². The number of carbonyl (C=O) groups is 1. The average molecular weight is 310 g/mol. The van der Waals surface area contributed by atoms with Crippen molar-refractivity contribution in [2.45, 2.75) is 26.3 Å². The van der Waals surface area contributed by atoms with Gasteiger partial charge in [0.25, 0.3) is 0 Å². The van der Waals surface area contributed by atoms with Crippen molar-refractivity contribution in [2.24, 2.45) is 0 Å². The lowest BCUT2D eigenvalue weighted by Gasteiger charge is -2.14. The molecule has 2 aromatic heterocycles. The normalized spacial score (nSPS) is 12.1. The molecule has 0 saturated heterocycles. The highest BCUT2D eigenvalue weighted by atomic mass is 16.2. The Hall–Kier alpha value is -2.96. The van der Waals surface area contributed by atoms with Gasteiger partial charge in [-0.25, -0.2) is 9.78 Å². The second-order valence-corrected chi connectivity index (χ2v) is 5.22. The first kappa shape index (κ1) is 15.0. The number of benzene rings is 1. The summed E-state index contributed by atoms with van der Waals surface area (Å²) < 4.78 is 0. The first-order chi connectivity index (χ1) is 11.2. The fourth-order valence-corrected chi connectivity index (χ4v) is 2.36. The number of H-pyrrole nitrogens is 1. The number of anilines is 1. The molecule has 3 aromatic rings. The van der Waals surface area contributed by atoms with Gasteiger partial charge in [-0.1, -0.05) is 25.1 Å². The first-order valence-electron chi connectivity index (χ1n) is 7.49. The maximum atomic E-state index is 12.3. The van der Waals surface area contributed by atoms with E-state index in [9.17, 15) is 4.79 Å². The van der Waals surface area contributed by atoms with Crippen molar-refractivity contribution in [1.82, 2.24) is 25.5 Å². The molecule has 2 amide bonds. The SMILES string of the molecule is CCc1cc(NC(=O)N[C@H](C)c2ncn[nH]2)c2ccccc2n1. The number of amides is 2. The highest BCUT2D eigenvalue weighted by Crippen LogP contribution is 2.23. The first-order valence-corrected chi connectivity index (χ1v) is 7.49. The molecular formula is C16H18N6O. The summed E-state index contributed by atoms with van der Waals surface area (Å²) in [5, 5.41) is 13.2. The number of para-hydroxylation sites is 1. The Labute approximate surface area is 133 Å². The number of hydrogen-bond acceptors (Lipinski definition) is 4. The minimum Gasteiger partial charge on any atom is -0.328 e. The number of aromatic nitrogens is 4. The highest BCUT2D eigenvalue weighted by molar-refractivity contribution is 6.00. The molecule has 3 rings (SSSR count). The molecule has 1 aromatic carbocycles. The smallest absolute Gasteiger partial charge is 0.319 e. The Morgan fingerprint density at radius 1 is 1.35 bits per heavy atom. The molecule has 7 nitrogen and oxygen atoms in total. The van der Waals surface area contributed by atoms with Crippen LogP contribution in [0.2, 0.25) is 0 Å². The molecule has 23 heavy (non-hydrogen) atoms. The van der Waals surface area contributed by atoms with Crippen molar-refractivity contribution in [2.75, 3.05) is 5.32 Å². The number of urea groups is 1. The van der Waals surface area contributed by atoms with Crippen LogP contribution in [0.15, 0.2) is 36.7 Å². The van der Waals surface area contributed by atoms with Crippen LogP contribution in [0.4, 0.5) is 10.5 Å². The fraction of sp³-hybridized carbons (Fsp3) is 0.250. The number of pyridine rings is 1.